The summed E-state index contributed by atoms with van der Waals surface area (Å²) in [6.07, 6.45) is 7.60. The lowest BCUT2D eigenvalue weighted by molar-refractivity contribution is 0.0194. The Morgan fingerprint density at radius 2 is 1.92 bits per heavy atom. The van der Waals surface area contributed by atoms with Gasteiger partial charge in [0.25, 0.3) is 0 Å². The Hall–Kier alpha value is -4.72. The number of aromatic nitrogens is 3. The number of nitrogens with zero attached hydrogens (tertiary/aromatic N) is 3. The predicted octanol–water partition coefficient (Wildman–Crippen LogP) is 7.41. The number of fused-ring (bicyclic) bond motifs is 1. The zero-order valence-corrected chi connectivity index (χ0v) is 27.8. The molecule has 1 aliphatic heterocycles. The van der Waals surface area contributed by atoms with Crippen molar-refractivity contribution in [2.24, 2.45) is 0 Å². The molecule has 1 unspecified atom stereocenters. The minimum Gasteiger partial charge on any atom is -0.490 e. The standard InChI is InChI=1S/C35H29BrF2N4O5S/c36-28-17-25(9-10-32(28)46-20-23-6-3-7-24(37)16-23)42-34-26-18-27(29(38)19-31(26)40-22-41-34)35(12-5-15-47-35)11-4-14-45-21-33(48(43)44)30-8-1-2-13-39-30/h1-3,5-10,13,15-19,22H,4,11-12,14,20-21H2,(H,40,41,42). The summed E-state index contributed by atoms with van der Waals surface area (Å²) in [6, 6.07) is 19.7. The zero-order valence-electron chi connectivity index (χ0n) is 25.4. The van der Waals surface area contributed by atoms with Crippen LogP contribution in [0, 0.1) is 11.6 Å². The Kier molecular flexibility index (Phi) is 10.4. The second-order valence-corrected chi connectivity index (χ2v) is 12.8. The molecule has 6 rings (SSSR count). The van der Waals surface area contributed by atoms with Gasteiger partial charge in [-0.3, -0.25) is 4.98 Å². The van der Waals surface area contributed by atoms with Crippen molar-refractivity contribution < 1.29 is 31.4 Å². The topological polar surface area (TPSA) is 113 Å². The molecule has 3 aromatic carbocycles. The molecule has 2 aromatic heterocycles. The fraction of sp³-hybridized carbons (Fsp3) is 0.200. The van der Waals surface area contributed by atoms with E-state index < -0.39 is 21.7 Å². The fourth-order valence-electron chi connectivity index (χ4n) is 5.44. The van der Waals surface area contributed by atoms with Gasteiger partial charge in [-0.15, -0.1) is 0 Å². The number of halogens is 3. The van der Waals surface area contributed by atoms with Crippen molar-refractivity contribution in [1.29, 1.82) is 0 Å². The van der Waals surface area contributed by atoms with Crippen LogP contribution in [0.3, 0.4) is 0 Å². The Morgan fingerprint density at radius 1 is 1.02 bits per heavy atom. The van der Waals surface area contributed by atoms with E-state index in [4.69, 9.17) is 14.2 Å². The summed E-state index contributed by atoms with van der Waals surface area (Å²) in [6.45, 7) is 0.289. The number of ether oxygens (including phenoxy) is 3. The highest BCUT2D eigenvalue weighted by Gasteiger charge is 2.38. The molecule has 0 aliphatic carbocycles. The molecule has 3 heterocycles. The molecule has 0 saturated heterocycles. The lowest BCUT2D eigenvalue weighted by Crippen LogP contribution is -2.27. The van der Waals surface area contributed by atoms with E-state index in [1.165, 1.54) is 30.7 Å². The maximum atomic E-state index is 15.7. The summed E-state index contributed by atoms with van der Waals surface area (Å²) < 4.78 is 71.0. The quantitative estimate of drug-likeness (QED) is 0.0751. The summed E-state index contributed by atoms with van der Waals surface area (Å²) >= 11 is 3.54. The number of anilines is 2. The molecule has 1 aliphatic rings. The fourth-order valence-corrected chi connectivity index (χ4v) is 6.40. The van der Waals surface area contributed by atoms with Crippen LogP contribution in [0.4, 0.5) is 20.3 Å². The molecule has 13 heteroatoms. The van der Waals surface area contributed by atoms with E-state index in [1.54, 1.807) is 48.7 Å². The van der Waals surface area contributed by atoms with Crippen LogP contribution >= 0.6 is 15.9 Å². The molecular formula is C35H29BrF2N4O5S. The second-order valence-electron chi connectivity index (χ2n) is 11.0. The Labute approximate surface area is 285 Å². The second kappa shape index (κ2) is 15.0. The van der Waals surface area contributed by atoms with Gasteiger partial charge in [-0.1, -0.05) is 18.2 Å². The third-order valence-electron chi connectivity index (χ3n) is 7.78. The zero-order chi connectivity index (χ0) is 33.5. The molecule has 1 N–H and O–H groups in total. The van der Waals surface area contributed by atoms with Gasteiger partial charge in [0.05, 0.1) is 28.6 Å². The van der Waals surface area contributed by atoms with Gasteiger partial charge in [0.15, 0.2) is 0 Å². The highest BCUT2D eigenvalue weighted by Crippen LogP contribution is 2.42. The normalized spacial score (nSPS) is 15.3. The van der Waals surface area contributed by atoms with Gasteiger partial charge in [0.1, 0.15) is 46.6 Å². The number of rotatable bonds is 13. The molecule has 5 aromatic rings. The molecule has 0 saturated carbocycles. The van der Waals surface area contributed by atoms with Gasteiger partial charge in [-0.25, -0.2) is 18.7 Å². The molecule has 0 bridgehead atoms. The monoisotopic (exact) mass is 734 g/mol. The molecule has 0 radical (unpaired) electrons. The van der Waals surface area contributed by atoms with Crippen molar-refractivity contribution in [1.82, 2.24) is 15.0 Å². The maximum absolute atomic E-state index is 15.7. The Bertz CT molecular complexity index is 2100. The molecule has 0 spiro atoms. The Balaban J connectivity index is 1.16. The van der Waals surface area contributed by atoms with Crippen LogP contribution in [-0.4, -0.2) is 41.4 Å². The SMILES string of the molecule is O=S(=O)=C(COCCCC1(c2cc3c(Nc4ccc(OCc5cccc(F)c5)c(Br)c4)ncnc3cc2F)CC=CO1)c1ccccn1. The summed E-state index contributed by atoms with van der Waals surface area (Å²) in [7, 11) is -2.49. The molecule has 48 heavy (non-hydrogen) atoms. The van der Waals surface area contributed by atoms with E-state index in [0.29, 0.717) is 68.7 Å². The lowest BCUT2D eigenvalue weighted by atomic mass is 9.85. The maximum Gasteiger partial charge on any atom is 0.221 e. The molecule has 0 amide bonds. The molecule has 246 valence electrons. The number of benzene rings is 3. The van der Waals surface area contributed by atoms with Crippen LogP contribution in [0.15, 0.2) is 102 Å². The smallest absolute Gasteiger partial charge is 0.221 e. The van der Waals surface area contributed by atoms with Gasteiger partial charge in [-0.2, -0.15) is 8.42 Å². The van der Waals surface area contributed by atoms with Gasteiger partial charge in [0.2, 0.25) is 10.3 Å². The summed E-state index contributed by atoms with van der Waals surface area (Å²) in [5, 5.41) is 3.89. The summed E-state index contributed by atoms with van der Waals surface area (Å²) in [5.74, 6) is 0.249. The van der Waals surface area contributed by atoms with E-state index in [-0.39, 0.29) is 30.5 Å². The van der Waals surface area contributed by atoms with Crippen molar-refractivity contribution >= 4 is 53.5 Å². The predicted molar refractivity (Wildman–Crippen MR) is 181 cm³/mol. The third kappa shape index (κ3) is 7.70. The van der Waals surface area contributed by atoms with Crippen molar-refractivity contribution in [3.05, 3.63) is 131 Å². The van der Waals surface area contributed by atoms with Crippen molar-refractivity contribution in [3.8, 4) is 5.75 Å². The van der Waals surface area contributed by atoms with E-state index in [2.05, 4.69) is 36.2 Å². The van der Waals surface area contributed by atoms with Crippen LogP contribution in [0.25, 0.3) is 10.9 Å². The van der Waals surface area contributed by atoms with Gasteiger partial charge < -0.3 is 19.5 Å². The average molecular weight is 736 g/mol. The molecule has 1 atom stereocenters. The highest BCUT2D eigenvalue weighted by molar-refractivity contribution is 9.10. The van der Waals surface area contributed by atoms with Crippen LogP contribution < -0.4 is 10.1 Å². The van der Waals surface area contributed by atoms with E-state index in [0.717, 1.165) is 0 Å². The largest absolute Gasteiger partial charge is 0.490 e. The minimum absolute atomic E-state index is 0.0581. The summed E-state index contributed by atoms with van der Waals surface area (Å²) in [5.41, 5.74) is 1.49. The number of nitrogens with one attached hydrogen (secondary N) is 1. The van der Waals surface area contributed by atoms with Crippen molar-refractivity contribution in [2.45, 2.75) is 31.5 Å². The number of hydrogen-bond acceptors (Lipinski definition) is 9. The van der Waals surface area contributed by atoms with Crippen LogP contribution in [0.1, 0.15) is 36.1 Å². The third-order valence-corrected chi connectivity index (χ3v) is 9.13. The average Bonchev–Trinajstić information content (AvgIpc) is 3.56. The van der Waals surface area contributed by atoms with E-state index in [9.17, 15) is 12.8 Å². The van der Waals surface area contributed by atoms with Crippen LogP contribution in [0.5, 0.6) is 5.75 Å². The van der Waals surface area contributed by atoms with Gasteiger partial charge in [-0.05, 0) is 88.9 Å². The van der Waals surface area contributed by atoms with Crippen LogP contribution in [0.2, 0.25) is 0 Å². The summed E-state index contributed by atoms with van der Waals surface area (Å²) in [4.78, 5) is 12.9. The molecule has 9 nitrogen and oxygen atoms in total. The van der Waals surface area contributed by atoms with Gasteiger partial charge >= 0.3 is 0 Å². The first-order valence-corrected chi connectivity index (χ1v) is 16.8. The Morgan fingerprint density at radius 3 is 2.67 bits per heavy atom. The van der Waals surface area contributed by atoms with Gasteiger partial charge in [0, 0.05) is 41.9 Å². The minimum atomic E-state index is -2.49. The van der Waals surface area contributed by atoms with E-state index in [1.807, 2.05) is 18.2 Å². The first kappa shape index (κ1) is 33.2. The van der Waals surface area contributed by atoms with E-state index >= 15 is 4.39 Å². The number of pyridine rings is 1. The first-order valence-electron chi connectivity index (χ1n) is 15.0. The van der Waals surface area contributed by atoms with Crippen LogP contribution in [-0.2, 0) is 32.0 Å². The number of hydrogen-bond donors (Lipinski definition) is 1. The first-order chi connectivity index (χ1) is 23.3. The highest BCUT2D eigenvalue weighted by atomic mass is 79.9. The lowest BCUT2D eigenvalue weighted by Gasteiger charge is -2.30. The molecular weight excluding hydrogens is 706 g/mol. The molecule has 0 fully saturated rings. The van der Waals surface area contributed by atoms with Crippen molar-refractivity contribution in [3.63, 3.8) is 0 Å². The van der Waals surface area contributed by atoms with Crippen molar-refractivity contribution in [2.75, 3.05) is 18.5 Å².